The Morgan fingerprint density at radius 3 is 2.83 bits per heavy atom. The van der Waals surface area contributed by atoms with Gasteiger partial charge in [0, 0.05) is 25.0 Å². The highest BCUT2D eigenvalue weighted by Gasteiger charge is 2.16. The first kappa shape index (κ1) is 18.9. The minimum absolute atomic E-state index is 0.0408. The average molecular weight is 421 g/mol. The van der Waals surface area contributed by atoms with Crippen molar-refractivity contribution in [3.63, 3.8) is 0 Å². The highest BCUT2D eigenvalue weighted by atomic mass is 32.1. The van der Waals surface area contributed by atoms with Crippen molar-refractivity contribution in [1.82, 2.24) is 9.88 Å². The van der Waals surface area contributed by atoms with Crippen LogP contribution in [0, 0.1) is 0 Å². The number of anilines is 1. The Hall–Kier alpha value is -3.07. The molecule has 4 aromatic rings. The number of hydrogen-bond acceptors (Lipinski definition) is 7. The predicted octanol–water partition coefficient (Wildman–Crippen LogP) is 3.49. The summed E-state index contributed by atoms with van der Waals surface area (Å²) in [5.74, 6) is -0.526. The van der Waals surface area contributed by atoms with E-state index in [1.165, 1.54) is 16.9 Å². The summed E-state index contributed by atoms with van der Waals surface area (Å²) in [6.45, 7) is 4.24. The Balaban J connectivity index is 1.36. The third-order valence-corrected chi connectivity index (χ3v) is 6.00. The summed E-state index contributed by atoms with van der Waals surface area (Å²) >= 11 is 1.39. The van der Waals surface area contributed by atoms with Gasteiger partial charge in [-0.15, -0.1) is 0 Å². The van der Waals surface area contributed by atoms with E-state index in [2.05, 4.69) is 27.3 Å². The van der Waals surface area contributed by atoms with Gasteiger partial charge in [0.1, 0.15) is 11.1 Å². The normalized spacial score (nSPS) is 14.9. The second-order valence-corrected chi connectivity index (χ2v) is 8.18. The van der Waals surface area contributed by atoms with Crippen LogP contribution in [0.25, 0.3) is 21.2 Å². The number of aromatic nitrogens is 1. The minimum atomic E-state index is -0.667. The van der Waals surface area contributed by atoms with Gasteiger partial charge in [-0.25, -0.2) is 9.78 Å². The second-order valence-electron chi connectivity index (χ2n) is 7.15. The summed E-state index contributed by atoms with van der Waals surface area (Å²) in [6.07, 6.45) is 0. The van der Waals surface area contributed by atoms with Crippen LogP contribution in [0.2, 0.25) is 0 Å². The molecular weight excluding hydrogens is 402 g/mol. The van der Waals surface area contributed by atoms with E-state index in [4.69, 9.17) is 9.15 Å². The summed E-state index contributed by atoms with van der Waals surface area (Å²) in [5.41, 5.74) is 1.75. The number of morpholine rings is 1. The molecule has 0 radical (unpaired) electrons. The van der Waals surface area contributed by atoms with Gasteiger partial charge in [-0.3, -0.25) is 15.0 Å². The van der Waals surface area contributed by atoms with Gasteiger partial charge in [-0.1, -0.05) is 35.6 Å². The van der Waals surface area contributed by atoms with Gasteiger partial charge >= 0.3 is 5.63 Å². The molecule has 0 unspecified atom stereocenters. The van der Waals surface area contributed by atoms with E-state index in [0.717, 1.165) is 43.1 Å². The number of amides is 1. The Morgan fingerprint density at radius 2 is 1.97 bits per heavy atom. The Kier molecular flexibility index (Phi) is 5.04. The molecule has 0 saturated carbocycles. The van der Waals surface area contributed by atoms with Crippen LogP contribution in [0.3, 0.4) is 0 Å². The first-order valence-electron chi connectivity index (χ1n) is 9.69. The van der Waals surface area contributed by atoms with Crippen LogP contribution in [0.4, 0.5) is 5.13 Å². The van der Waals surface area contributed by atoms with Gasteiger partial charge in [-0.05, 0) is 29.8 Å². The number of para-hydroxylation sites is 1. The molecule has 1 aliphatic heterocycles. The van der Waals surface area contributed by atoms with E-state index >= 15 is 0 Å². The fourth-order valence-electron chi connectivity index (χ4n) is 3.52. The molecule has 1 N–H and O–H groups in total. The maximum Gasteiger partial charge on any atom is 0.349 e. The Morgan fingerprint density at radius 1 is 1.13 bits per heavy atom. The maximum absolute atomic E-state index is 12.7. The molecule has 1 amide bonds. The van der Waals surface area contributed by atoms with Crippen LogP contribution >= 0.6 is 11.3 Å². The van der Waals surface area contributed by atoms with Crippen LogP contribution in [0.15, 0.2) is 57.7 Å². The van der Waals surface area contributed by atoms with Gasteiger partial charge < -0.3 is 9.15 Å². The van der Waals surface area contributed by atoms with E-state index in [-0.39, 0.29) is 5.56 Å². The topological polar surface area (TPSA) is 84.7 Å². The van der Waals surface area contributed by atoms with E-state index in [9.17, 15) is 9.59 Å². The molecule has 30 heavy (non-hydrogen) atoms. The zero-order valence-electron chi connectivity index (χ0n) is 16.1. The third-order valence-electron chi connectivity index (χ3n) is 5.07. The van der Waals surface area contributed by atoms with Crippen LogP contribution in [-0.4, -0.2) is 42.1 Å². The second kappa shape index (κ2) is 7.98. The third kappa shape index (κ3) is 3.85. The molecule has 7 nitrogen and oxygen atoms in total. The van der Waals surface area contributed by atoms with Gasteiger partial charge in [0.2, 0.25) is 0 Å². The molecule has 0 bridgehead atoms. The standard InChI is InChI=1S/C22H19N3O4S/c26-20(16-12-15-3-1-2-4-18(15)29-21(16)27)24-22-23-17-6-5-14(11-19(17)30-22)13-25-7-9-28-10-8-25/h1-6,11-12H,7-10,13H2,(H,23,24,26). The lowest BCUT2D eigenvalue weighted by atomic mass is 10.2. The number of benzene rings is 2. The molecule has 8 heteroatoms. The number of hydrogen-bond donors (Lipinski definition) is 1. The van der Waals surface area contributed by atoms with Crippen molar-refractivity contribution in [3.05, 3.63) is 70.1 Å². The average Bonchev–Trinajstić information content (AvgIpc) is 3.15. The summed E-state index contributed by atoms with van der Waals surface area (Å²) in [6, 6.07) is 14.8. The van der Waals surface area contributed by atoms with Gasteiger partial charge in [0.05, 0.1) is 23.4 Å². The quantitative estimate of drug-likeness (QED) is 0.508. The van der Waals surface area contributed by atoms with E-state index < -0.39 is 11.5 Å². The molecule has 0 aliphatic carbocycles. The molecule has 2 aromatic heterocycles. The number of thiazole rings is 1. The fourth-order valence-corrected chi connectivity index (χ4v) is 4.45. The first-order chi connectivity index (χ1) is 14.7. The van der Waals surface area contributed by atoms with Gasteiger partial charge in [-0.2, -0.15) is 0 Å². The number of rotatable bonds is 4. The van der Waals surface area contributed by atoms with Crippen molar-refractivity contribution in [1.29, 1.82) is 0 Å². The number of ether oxygens (including phenoxy) is 1. The van der Waals surface area contributed by atoms with E-state index in [0.29, 0.717) is 16.1 Å². The maximum atomic E-state index is 12.7. The first-order valence-corrected chi connectivity index (χ1v) is 10.5. The highest BCUT2D eigenvalue weighted by Crippen LogP contribution is 2.27. The predicted molar refractivity (Wildman–Crippen MR) is 116 cm³/mol. The van der Waals surface area contributed by atoms with Crippen molar-refractivity contribution < 1.29 is 13.9 Å². The monoisotopic (exact) mass is 421 g/mol. The molecule has 3 heterocycles. The SMILES string of the molecule is O=C(Nc1nc2ccc(CN3CCOCC3)cc2s1)c1cc2ccccc2oc1=O. The van der Waals surface area contributed by atoms with E-state index in [1.807, 2.05) is 12.1 Å². The number of carbonyl (C=O) groups excluding carboxylic acids is 1. The lowest BCUT2D eigenvalue weighted by Crippen LogP contribution is -2.35. The summed E-state index contributed by atoms with van der Waals surface area (Å²) in [5, 5.41) is 3.88. The summed E-state index contributed by atoms with van der Waals surface area (Å²) in [7, 11) is 0. The lowest BCUT2D eigenvalue weighted by molar-refractivity contribution is 0.0342. The Labute approximate surface area is 175 Å². The van der Waals surface area contributed by atoms with Gasteiger partial charge in [0.15, 0.2) is 5.13 Å². The Bertz CT molecular complexity index is 1290. The van der Waals surface area contributed by atoms with Crippen molar-refractivity contribution in [2.75, 3.05) is 31.6 Å². The number of nitrogens with zero attached hydrogens (tertiary/aromatic N) is 2. The zero-order chi connectivity index (χ0) is 20.5. The molecular formula is C22H19N3O4S. The zero-order valence-corrected chi connectivity index (χ0v) is 16.9. The lowest BCUT2D eigenvalue weighted by Gasteiger charge is -2.26. The van der Waals surface area contributed by atoms with Crippen molar-refractivity contribution >= 4 is 43.6 Å². The smallest absolute Gasteiger partial charge is 0.349 e. The molecule has 1 fully saturated rings. The molecule has 2 aromatic carbocycles. The number of nitrogens with one attached hydrogen (secondary N) is 1. The molecule has 5 rings (SSSR count). The van der Waals surface area contributed by atoms with Crippen LogP contribution in [0.1, 0.15) is 15.9 Å². The number of carbonyl (C=O) groups is 1. The van der Waals surface area contributed by atoms with Crippen molar-refractivity contribution in [2.45, 2.75) is 6.54 Å². The van der Waals surface area contributed by atoms with Crippen LogP contribution in [0.5, 0.6) is 0 Å². The van der Waals surface area contributed by atoms with Crippen LogP contribution < -0.4 is 10.9 Å². The van der Waals surface area contributed by atoms with E-state index in [1.54, 1.807) is 24.3 Å². The van der Waals surface area contributed by atoms with Gasteiger partial charge in [0.25, 0.3) is 5.91 Å². The highest BCUT2D eigenvalue weighted by molar-refractivity contribution is 7.22. The summed E-state index contributed by atoms with van der Waals surface area (Å²) in [4.78, 5) is 31.7. The molecule has 0 spiro atoms. The molecule has 1 aliphatic rings. The number of fused-ring (bicyclic) bond motifs is 2. The minimum Gasteiger partial charge on any atom is -0.422 e. The van der Waals surface area contributed by atoms with Crippen molar-refractivity contribution in [2.24, 2.45) is 0 Å². The molecule has 1 saturated heterocycles. The molecule has 0 atom stereocenters. The van der Waals surface area contributed by atoms with Crippen molar-refractivity contribution in [3.8, 4) is 0 Å². The summed E-state index contributed by atoms with van der Waals surface area (Å²) < 4.78 is 11.6. The fraction of sp³-hybridized carbons (Fsp3) is 0.227. The largest absolute Gasteiger partial charge is 0.422 e. The van der Waals surface area contributed by atoms with Crippen LogP contribution in [-0.2, 0) is 11.3 Å². The molecule has 152 valence electrons.